The smallest absolute Gasteiger partial charge is 0.264 e. The third-order valence-electron chi connectivity index (χ3n) is 3.74. The molecule has 1 N–H and O–H groups in total. The van der Waals surface area contributed by atoms with Crippen molar-refractivity contribution in [2.45, 2.75) is 31.5 Å². The molecule has 5 nitrogen and oxygen atoms in total. The Morgan fingerprint density at radius 1 is 1.36 bits per heavy atom. The second kappa shape index (κ2) is 6.86. The van der Waals surface area contributed by atoms with E-state index < -0.39 is 6.10 Å². The van der Waals surface area contributed by atoms with Crippen LogP contribution in [-0.4, -0.2) is 37.0 Å². The van der Waals surface area contributed by atoms with Crippen LogP contribution in [0.2, 0.25) is 10.0 Å². The SMILES string of the molecule is O=C(NC[C@H]1CCCO1)[C@@H]1CC(c2ccc(Cl)c(Cl)c2)=NO1. The Labute approximate surface area is 138 Å². The number of halogens is 2. The minimum atomic E-state index is -0.606. The topological polar surface area (TPSA) is 59.9 Å². The summed E-state index contributed by atoms with van der Waals surface area (Å²) in [4.78, 5) is 17.3. The fourth-order valence-corrected chi connectivity index (χ4v) is 2.80. The van der Waals surface area contributed by atoms with Crippen LogP contribution in [-0.2, 0) is 14.4 Å². The number of hydrogen-bond donors (Lipinski definition) is 1. The van der Waals surface area contributed by atoms with Gasteiger partial charge in [0.15, 0.2) is 0 Å². The molecule has 22 heavy (non-hydrogen) atoms. The Balaban J connectivity index is 1.54. The predicted molar refractivity (Wildman–Crippen MR) is 84.5 cm³/mol. The zero-order chi connectivity index (χ0) is 15.5. The molecule has 0 aliphatic carbocycles. The van der Waals surface area contributed by atoms with Crippen LogP contribution in [0.15, 0.2) is 23.4 Å². The number of hydrogen-bond acceptors (Lipinski definition) is 4. The second-order valence-corrected chi connectivity index (χ2v) is 6.16. The minimum absolute atomic E-state index is 0.112. The highest BCUT2D eigenvalue weighted by Crippen LogP contribution is 2.25. The van der Waals surface area contributed by atoms with Crippen molar-refractivity contribution in [2.24, 2.45) is 5.16 Å². The molecule has 0 aromatic heterocycles. The lowest BCUT2D eigenvalue weighted by Gasteiger charge is -2.13. The standard InChI is InChI=1S/C15H16Cl2N2O3/c16-11-4-3-9(6-12(11)17)13-7-14(22-19-13)15(20)18-8-10-2-1-5-21-10/h3-4,6,10,14H,1-2,5,7-8H2,(H,18,20)/t10-,14+/m1/s1. The average molecular weight is 343 g/mol. The van der Waals surface area contributed by atoms with Crippen molar-refractivity contribution in [2.75, 3.05) is 13.2 Å². The van der Waals surface area contributed by atoms with Crippen LogP contribution in [0, 0.1) is 0 Å². The molecular formula is C15H16Cl2N2O3. The summed E-state index contributed by atoms with van der Waals surface area (Å²) in [6.07, 6.45) is 1.95. The van der Waals surface area contributed by atoms with E-state index in [0.717, 1.165) is 25.0 Å². The summed E-state index contributed by atoms with van der Waals surface area (Å²) in [6, 6.07) is 5.23. The van der Waals surface area contributed by atoms with Gasteiger partial charge in [0, 0.05) is 25.1 Å². The Morgan fingerprint density at radius 2 is 2.23 bits per heavy atom. The van der Waals surface area contributed by atoms with E-state index in [2.05, 4.69) is 10.5 Å². The van der Waals surface area contributed by atoms with Gasteiger partial charge in [-0.05, 0) is 25.0 Å². The van der Waals surface area contributed by atoms with Gasteiger partial charge in [-0.1, -0.05) is 34.4 Å². The molecule has 1 fully saturated rings. The normalized spacial score (nSPS) is 24.0. The van der Waals surface area contributed by atoms with E-state index in [1.165, 1.54) is 0 Å². The Kier molecular flexibility index (Phi) is 4.86. The van der Waals surface area contributed by atoms with E-state index in [-0.39, 0.29) is 12.0 Å². The lowest BCUT2D eigenvalue weighted by Crippen LogP contribution is -2.39. The predicted octanol–water partition coefficient (Wildman–Crippen LogP) is 2.78. The molecule has 0 spiro atoms. The lowest BCUT2D eigenvalue weighted by atomic mass is 10.0. The third-order valence-corrected chi connectivity index (χ3v) is 4.48. The van der Waals surface area contributed by atoms with E-state index >= 15 is 0 Å². The largest absolute Gasteiger partial charge is 0.382 e. The number of rotatable bonds is 4. The number of amides is 1. The van der Waals surface area contributed by atoms with Crippen molar-refractivity contribution in [3.8, 4) is 0 Å². The number of carbonyl (C=O) groups is 1. The summed E-state index contributed by atoms with van der Waals surface area (Å²) in [5.41, 5.74) is 1.50. The molecule has 2 atom stereocenters. The van der Waals surface area contributed by atoms with Gasteiger partial charge in [-0.25, -0.2) is 0 Å². The number of ether oxygens (including phenoxy) is 1. The number of benzene rings is 1. The van der Waals surface area contributed by atoms with Gasteiger partial charge in [-0.2, -0.15) is 0 Å². The first-order chi connectivity index (χ1) is 10.6. The first kappa shape index (κ1) is 15.6. The van der Waals surface area contributed by atoms with Crippen molar-refractivity contribution in [3.63, 3.8) is 0 Å². The molecule has 1 saturated heterocycles. The molecule has 1 aromatic carbocycles. The quantitative estimate of drug-likeness (QED) is 0.915. The molecule has 0 radical (unpaired) electrons. The number of nitrogens with one attached hydrogen (secondary N) is 1. The molecule has 1 amide bonds. The molecule has 0 unspecified atom stereocenters. The number of nitrogens with zero attached hydrogens (tertiary/aromatic N) is 1. The van der Waals surface area contributed by atoms with Crippen LogP contribution in [0.3, 0.4) is 0 Å². The van der Waals surface area contributed by atoms with Gasteiger partial charge in [0.05, 0.1) is 21.9 Å². The van der Waals surface area contributed by atoms with E-state index in [1.54, 1.807) is 12.1 Å². The highest BCUT2D eigenvalue weighted by Gasteiger charge is 2.29. The van der Waals surface area contributed by atoms with Crippen LogP contribution >= 0.6 is 23.2 Å². The highest BCUT2D eigenvalue weighted by molar-refractivity contribution is 6.42. The van der Waals surface area contributed by atoms with Crippen molar-refractivity contribution >= 4 is 34.8 Å². The van der Waals surface area contributed by atoms with Gasteiger partial charge in [0.1, 0.15) is 0 Å². The van der Waals surface area contributed by atoms with Crippen molar-refractivity contribution in [3.05, 3.63) is 33.8 Å². The molecule has 0 saturated carbocycles. The monoisotopic (exact) mass is 342 g/mol. The fraction of sp³-hybridized carbons (Fsp3) is 0.467. The maximum absolute atomic E-state index is 12.1. The Bertz CT molecular complexity index is 600. The molecule has 7 heteroatoms. The summed E-state index contributed by atoms with van der Waals surface area (Å²) in [6.45, 7) is 1.28. The maximum Gasteiger partial charge on any atom is 0.264 e. The average Bonchev–Trinajstić information content (AvgIpc) is 3.18. The zero-order valence-electron chi connectivity index (χ0n) is 11.9. The molecule has 1 aromatic rings. The van der Waals surface area contributed by atoms with E-state index in [4.69, 9.17) is 32.8 Å². The van der Waals surface area contributed by atoms with Gasteiger partial charge in [-0.15, -0.1) is 0 Å². The summed E-state index contributed by atoms with van der Waals surface area (Å²) in [5, 5.41) is 7.77. The molecule has 2 aliphatic heterocycles. The number of oxime groups is 1. The summed E-state index contributed by atoms with van der Waals surface area (Å²) < 4.78 is 5.47. The highest BCUT2D eigenvalue weighted by atomic mass is 35.5. The van der Waals surface area contributed by atoms with Crippen molar-refractivity contribution < 1.29 is 14.4 Å². The molecule has 0 bridgehead atoms. The molecule has 2 heterocycles. The van der Waals surface area contributed by atoms with Crippen molar-refractivity contribution in [1.29, 1.82) is 0 Å². The Hall–Kier alpha value is -1.30. The molecule has 118 valence electrons. The van der Waals surface area contributed by atoms with E-state index in [9.17, 15) is 4.79 Å². The van der Waals surface area contributed by atoms with E-state index in [1.807, 2.05) is 6.07 Å². The first-order valence-corrected chi connectivity index (χ1v) is 7.96. The van der Waals surface area contributed by atoms with Gasteiger partial charge < -0.3 is 14.9 Å². The summed E-state index contributed by atoms with van der Waals surface area (Å²) in [5.74, 6) is -0.172. The van der Waals surface area contributed by atoms with Gasteiger partial charge in [0.2, 0.25) is 6.10 Å². The van der Waals surface area contributed by atoms with E-state index in [0.29, 0.717) is 28.7 Å². The van der Waals surface area contributed by atoms with Gasteiger partial charge in [-0.3, -0.25) is 4.79 Å². The molecular weight excluding hydrogens is 327 g/mol. The van der Waals surface area contributed by atoms with Crippen LogP contribution < -0.4 is 5.32 Å². The van der Waals surface area contributed by atoms with Crippen molar-refractivity contribution in [1.82, 2.24) is 5.32 Å². The van der Waals surface area contributed by atoms with Crippen LogP contribution in [0.25, 0.3) is 0 Å². The van der Waals surface area contributed by atoms with Gasteiger partial charge in [0.25, 0.3) is 5.91 Å². The molecule has 3 rings (SSSR count). The Morgan fingerprint density at radius 3 is 2.95 bits per heavy atom. The summed E-state index contributed by atoms with van der Waals surface area (Å²) >= 11 is 11.9. The molecule has 2 aliphatic rings. The number of carbonyl (C=O) groups excluding carboxylic acids is 1. The third kappa shape index (κ3) is 3.54. The fourth-order valence-electron chi connectivity index (χ4n) is 2.50. The maximum atomic E-state index is 12.1. The van der Waals surface area contributed by atoms with Crippen LogP contribution in [0.5, 0.6) is 0 Å². The minimum Gasteiger partial charge on any atom is -0.382 e. The first-order valence-electron chi connectivity index (χ1n) is 7.21. The zero-order valence-corrected chi connectivity index (χ0v) is 13.4. The van der Waals surface area contributed by atoms with Gasteiger partial charge >= 0.3 is 0 Å². The summed E-state index contributed by atoms with van der Waals surface area (Å²) in [7, 11) is 0. The van der Waals surface area contributed by atoms with Crippen LogP contribution in [0.4, 0.5) is 0 Å². The lowest BCUT2D eigenvalue weighted by molar-refractivity contribution is -0.131. The van der Waals surface area contributed by atoms with Crippen LogP contribution in [0.1, 0.15) is 24.8 Å². The second-order valence-electron chi connectivity index (χ2n) is 5.35.